The molecule has 0 bridgehead atoms. The molecular weight excluding hydrogens is 615 g/mol. The summed E-state index contributed by atoms with van der Waals surface area (Å²) in [6, 6.07) is -0.642. The summed E-state index contributed by atoms with van der Waals surface area (Å²) < 4.78 is 0. The fraction of sp³-hybridized carbons (Fsp3) is 0.848. The minimum atomic E-state index is -0.867. The number of unbranched alkanes of at least 4 members (excludes halogenated alkanes) is 29. The van der Waals surface area contributed by atoms with Gasteiger partial charge in [-0.3, -0.25) is 4.79 Å². The summed E-state index contributed by atoms with van der Waals surface area (Å²) in [6.07, 6.45) is 55.4. The lowest BCUT2D eigenvalue weighted by molar-refractivity contribution is -0.123. The quantitative estimate of drug-likeness (QED) is 0.0440. The highest BCUT2D eigenvalue weighted by Crippen LogP contribution is 2.15. The minimum absolute atomic E-state index is 0.0753. The van der Waals surface area contributed by atoms with E-state index in [1.807, 2.05) is 6.08 Å². The van der Waals surface area contributed by atoms with E-state index >= 15 is 0 Å². The van der Waals surface area contributed by atoms with Gasteiger partial charge in [0, 0.05) is 6.42 Å². The van der Waals surface area contributed by atoms with Gasteiger partial charge in [-0.15, -0.1) is 0 Å². The normalized spacial score (nSPS) is 13.3. The molecule has 0 rings (SSSR count). The monoisotopic (exact) mass is 702 g/mol. The van der Waals surface area contributed by atoms with Crippen LogP contribution < -0.4 is 5.32 Å². The number of carbonyl (C=O) groups is 1. The fourth-order valence-corrected chi connectivity index (χ4v) is 6.68. The van der Waals surface area contributed by atoms with Crippen molar-refractivity contribution in [1.82, 2.24) is 5.32 Å². The van der Waals surface area contributed by atoms with Crippen LogP contribution in [0.3, 0.4) is 0 Å². The summed E-state index contributed by atoms with van der Waals surface area (Å²) in [5.41, 5.74) is 0. The van der Waals surface area contributed by atoms with Gasteiger partial charge in [-0.05, 0) is 44.9 Å². The molecule has 0 aliphatic carbocycles. The number of aliphatic hydroxyl groups excluding tert-OH is 2. The first kappa shape index (κ1) is 48.6. The maximum atomic E-state index is 12.4. The number of carbonyl (C=O) groups excluding carboxylic acids is 1. The Labute approximate surface area is 312 Å². The number of aliphatic hydroxyl groups is 2. The molecule has 0 saturated heterocycles. The van der Waals surface area contributed by atoms with E-state index in [1.54, 1.807) is 6.08 Å². The van der Waals surface area contributed by atoms with Crippen LogP contribution in [0.2, 0.25) is 0 Å². The van der Waals surface area contributed by atoms with Crippen molar-refractivity contribution in [2.75, 3.05) is 6.61 Å². The fourth-order valence-electron chi connectivity index (χ4n) is 6.68. The van der Waals surface area contributed by atoms with Gasteiger partial charge in [-0.2, -0.15) is 0 Å². The zero-order valence-electron chi connectivity index (χ0n) is 33.7. The van der Waals surface area contributed by atoms with Crippen molar-refractivity contribution in [2.24, 2.45) is 0 Å². The first-order valence-corrected chi connectivity index (χ1v) is 22.2. The third-order valence-electron chi connectivity index (χ3n) is 10.1. The number of hydrogen-bond donors (Lipinski definition) is 3. The van der Waals surface area contributed by atoms with E-state index in [1.165, 1.54) is 173 Å². The lowest BCUT2D eigenvalue weighted by Gasteiger charge is -2.19. The number of rotatable bonds is 40. The Morgan fingerprint density at radius 1 is 0.460 bits per heavy atom. The number of allylic oxidation sites excluding steroid dienone is 5. The van der Waals surface area contributed by atoms with E-state index in [2.05, 4.69) is 43.5 Å². The highest BCUT2D eigenvalue weighted by atomic mass is 16.3. The maximum absolute atomic E-state index is 12.4. The zero-order valence-corrected chi connectivity index (χ0v) is 33.7. The van der Waals surface area contributed by atoms with Crippen LogP contribution in [-0.2, 0) is 4.79 Å². The van der Waals surface area contributed by atoms with Gasteiger partial charge in [-0.1, -0.05) is 217 Å². The van der Waals surface area contributed by atoms with Gasteiger partial charge in [0.25, 0.3) is 0 Å². The average Bonchev–Trinajstić information content (AvgIpc) is 3.12. The van der Waals surface area contributed by atoms with Crippen LogP contribution in [-0.4, -0.2) is 34.9 Å². The molecule has 0 spiro atoms. The van der Waals surface area contributed by atoms with E-state index in [0.717, 1.165) is 38.5 Å². The highest BCUT2D eigenvalue weighted by molar-refractivity contribution is 5.76. The highest BCUT2D eigenvalue weighted by Gasteiger charge is 2.17. The largest absolute Gasteiger partial charge is 0.394 e. The summed E-state index contributed by atoms with van der Waals surface area (Å²) in [5, 5.41) is 23.0. The van der Waals surface area contributed by atoms with Crippen LogP contribution in [0, 0.1) is 0 Å². The molecule has 3 N–H and O–H groups in total. The van der Waals surface area contributed by atoms with Gasteiger partial charge in [0.2, 0.25) is 5.91 Å². The average molecular weight is 702 g/mol. The number of hydrogen-bond acceptors (Lipinski definition) is 3. The van der Waals surface area contributed by atoms with Crippen LogP contribution in [0.25, 0.3) is 0 Å². The van der Waals surface area contributed by atoms with E-state index in [4.69, 9.17) is 0 Å². The van der Waals surface area contributed by atoms with Crippen molar-refractivity contribution in [1.29, 1.82) is 0 Å². The Hall–Kier alpha value is -1.39. The van der Waals surface area contributed by atoms with Gasteiger partial charge in [-0.25, -0.2) is 0 Å². The molecule has 294 valence electrons. The Morgan fingerprint density at radius 3 is 1.16 bits per heavy atom. The summed E-state index contributed by atoms with van der Waals surface area (Å²) >= 11 is 0. The van der Waals surface area contributed by atoms with Crippen LogP contribution >= 0.6 is 0 Å². The topological polar surface area (TPSA) is 69.6 Å². The second kappa shape index (κ2) is 42.0. The van der Waals surface area contributed by atoms with E-state index in [0.29, 0.717) is 6.42 Å². The summed E-state index contributed by atoms with van der Waals surface area (Å²) in [6.45, 7) is 4.30. The predicted molar refractivity (Wildman–Crippen MR) is 221 cm³/mol. The molecule has 1 amide bonds. The molecule has 2 atom stereocenters. The van der Waals surface area contributed by atoms with Gasteiger partial charge >= 0.3 is 0 Å². The summed E-state index contributed by atoms with van der Waals surface area (Å²) in [4.78, 5) is 12.4. The molecule has 4 nitrogen and oxygen atoms in total. The molecule has 2 unspecified atom stereocenters. The molecule has 0 aliphatic heterocycles. The van der Waals surface area contributed by atoms with Crippen LogP contribution in [0.15, 0.2) is 36.5 Å². The second-order valence-corrected chi connectivity index (χ2v) is 15.1. The molecule has 0 aromatic carbocycles. The van der Waals surface area contributed by atoms with Crippen molar-refractivity contribution in [3.8, 4) is 0 Å². The molecule has 4 heteroatoms. The molecule has 0 radical (unpaired) electrons. The standard InChI is InChI=1S/C46H87NO3/c1-3-5-7-9-11-13-15-17-19-21-23-25-27-29-31-33-35-37-39-41-45(49)44(43-48)47-46(50)42-40-38-36-34-32-30-28-26-24-22-20-18-16-14-12-10-8-6-4-2/h23,25,31,33,39,41,44-45,48-49H,3-22,24,26-30,32,34-38,40,42-43H2,1-2H3,(H,47,50)/b25-23+,33-31+,41-39+. The third-order valence-corrected chi connectivity index (χ3v) is 10.1. The smallest absolute Gasteiger partial charge is 0.220 e. The van der Waals surface area contributed by atoms with Gasteiger partial charge in [0.1, 0.15) is 0 Å². The van der Waals surface area contributed by atoms with Crippen LogP contribution in [0.1, 0.15) is 232 Å². The molecule has 50 heavy (non-hydrogen) atoms. The minimum Gasteiger partial charge on any atom is -0.394 e. The lowest BCUT2D eigenvalue weighted by atomic mass is 10.0. The molecule has 0 aromatic rings. The predicted octanol–water partition coefficient (Wildman–Crippen LogP) is 13.8. The van der Waals surface area contributed by atoms with Crippen molar-refractivity contribution < 1.29 is 15.0 Å². The number of nitrogens with one attached hydrogen (secondary N) is 1. The summed E-state index contributed by atoms with van der Waals surface area (Å²) in [7, 11) is 0. The van der Waals surface area contributed by atoms with Gasteiger partial charge in [0.15, 0.2) is 0 Å². The van der Waals surface area contributed by atoms with Crippen molar-refractivity contribution in [2.45, 2.75) is 244 Å². The Morgan fingerprint density at radius 2 is 0.780 bits per heavy atom. The Kier molecular flexibility index (Phi) is 40.9. The molecule has 0 fully saturated rings. The molecular formula is C46H87NO3. The van der Waals surface area contributed by atoms with Gasteiger partial charge < -0.3 is 15.5 Å². The Balaban J connectivity index is 3.61. The number of amides is 1. The zero-order chi connectivity index (χ0) is 36.4. The van der Waals surface area contributed by atoms with Crippen LogP contribution in [0.5, 0.6) is 0 Å². The van der Waals surface area contributed by atoms with E-state index in [9.17, 15) is 15.0 Å². The lowest BCUT2D eigenvalue weighted by Crippen LogP contribution is -2.45. The van der Waals surface area contributed by atoms with Crippen molar-refractivity contribution in [3.63, 3.8) is 0 Å². The van der Waals surface area contributed by atoms with Gasteiger partial charge in [0.05, 0.1) is 18.8 Å². The first-order chi connectivity index (χ1) is 24.7. The van der Waals surface area contributed by atoms with E-state index in [-0.39, 0.29) is 12.5 Å². The molecule has 0 aromatic heterocycles. The second-order valence-electron chi connectivity index (χ2n) is 15.1. The first-order valence-electron chi connectivity index (χ1n) is 22.2. The SMILES string of the molecule is CCCCCCCCCCC/C=C/CC/C=C/CC/C=C/C(O)C(CO)NC(=O)CCCCCCCCCCCCCCCCCCCCC. The third kappa shape index (κ3) is 37.9. The van der Waals surface area contributed by atoms with Crippen LogP contribution in [0.4, 0.5) is 0 Å². The van der Waals surface area contributed by atoms with Crippen molar-refractivity contribution in [3.05, 3.63) is 36.5 Å². The van der Waals surface area contributed by atoms with E-state index < -0.39 is 12.1 Å². The maximum Gasteiger partial charge on any atom is 0.220 e. The molecule has 0 heterocycles. The molecule has 0 aliphatic rings. The summed E-state index contributed by atoms with van der Waals surface area (Å²) in [5.74, 6) is -0.0753. The Bertz CT molecular complexity index is 760. The van der Waals surface area contributed by atoms with Crippen molar-refractivity contribution >= 4 is 5.91 Å². The molecule has 0 saturated carbocycles.